The molecule has 6 heteroatoms. The number of thiophene rings is 1. The van der Waals surface area contributed by atoms with Crippen LogP contribution >= 0.6 is 11.3 Å². The van der Waals surface area contributed by atoms with Crippen LogP contribution in [0.1, 0.15) is 15.2 Å². The zero-order valence-electron chi connectivity index (χ0n) is 15.5. The number of anilines is 3. The molecule has 4 rings (SSSR count). The summed E-state index contributed by atoms with van der Waals surface area (Å²) in [6, 6.07) is 24.2. The largest absolute Gasteiger partial charge is 0.397 e. The molecule has 4 aromatic rings. The maximum absolute atomic E-state index is 12.6. The predicted octanol–water partition coefficient (Wildman–Crippen LogP) is 4.92. The number of nitrogens with one attached hydrogen (secondary N) is 2. The quantitative estimate of drug-likeness (QED) is 0.415. The number of hydrogen-bond acceptors (Lipinski definition) is 4. The van der Waals surface area contributed by atoms with Crippen molar-refractivity contribution in [3.8, 4) is 0 Å². The summed E-state index contributed by atoms with van der Waals surface area (Å²) >= 11 is 1.41. The number of benzene rings is 3. The van der Waals surface area contributed by atoms with E-state index in [0.717, 1.165) is 21.3 Å². The normalized spacial score (nSPS) is 10.6. The number of amides is 2. The Morgan fingerprint density at radius 2 is 1.62 bits per heavy atom. The number of carbonyl (C=O) groups excluding carboxylic acids is 2. The molecule has 0 unspecified atom stereocenters. The second kappa shape index (κ2) is 8.16. The Balaban J connectivity index is 1.48. The first-order valence-corrected chi connectivity index (χ1v) is 9.93. The summed E-state index contributed by atoms with van der Waals surface area (Å²) in [4.78, 5) is 25.5. The number of para-hydroxylation sites is 3. The van der Waals surface area contributed by atoms with E-state index >= 15 is 0 Å². The topological polar surface area (TPSA) is 84.2 Å². The van der Waals surface area contributed by atoms with Gasteiger partial charge in [-0.05, 0) is 53.4 Å². The molecule has 29 heavy (non-hydrogen) atoms. The van der Waals surface area contributed by atoms with E-state index in [0.29, 0.717) is 16.3 Å². The highest BCUT2D eigenvalue weighted by Crippen LogP contribution is 2.28. The van der Waals surface area contributed by atoms with Crippen LogP contribution in [-0.4, -0.2) is 11.8 Å². The number of carbonyl (C=O) groups is 2. The lowest BCUT2D eigenvalue weighted by Crippen LogP contribution is -2.14. The van der Waals surface area contributed by atoms with Gasteiger partial charge in [0.1, 0.15) is 0 Å². The highest BCUT2D eigenvalue weighted by Gasteiger charge is 2.13. The lowest BCUT2D eigenvalue weighted by molar-refractivity contribution is -0.115. The fourth-order valence-electron chi connectivity index (χ4n) is 3.02. The van der Waals surface area contributed by atoms with Crippen LogP contribution in [0.4, 0.5) is 17.1 Å². The summed E-state index contributed by atoms with van der Waals surface area (Å²) in [6.45, 7) is 0. The first kappa shape index (κ1) is 18.7. The number of hydrogen-bond donors (Lipinski definition) is 3. The second-order valence-corrected chi connectivity index (χ2v) is 7.70. The van der Waals surface area contributed by atoms with Gasteiger partial charge < -0.3 is 16.4 Å². The van der Waals surface area contributed by atoms with Crippen molar-refractivity contribution < 1.29 is 9.59 Å². The first-order chi connectivity index (χ1) is 14.1. The van der Waals surface area contributed by atoms with Gasteiger partial charge in [0.25, 0.3) is 5.91 Å². The molecule has 4 N–H and O–H groups in total. The molecular weight excluding hydrogens is 382 g/mol. The van der Waals surface area contributed by atoms with Crippen LogP contribution in [0.25, 0.3) is 10.1 Å². The summed E-state index contributed by atoms with van der Waals surface area (Å²) in [7, 11) is 0. The van der Waals surface area contributed by atoms with Crippen LogP contribution in [0.15, 0.2) is 78.9 Å². The minimum Gasteiger partial charge on any atom is -0.397 e. The molecule has 0 fully saturated rings. The summed E-state index contributed by atoms with van der Waals surface area (Å²) in [5.41, 5.74) is 8.67. The second-order valence-electron chi connectivity index (χ2n) is 6.62. The van der Waals surface area contributed by atoms with Crippen LogP contribution in [0.2, 0.25) is 0 Å². The van der Waals surface area contributed by atoms with Crippen molar-refractivity contribution in [3.05, 3.63) is 89.3 Å². The number of rotatable bonds is 5. The van der Waals surface area contributed by atoms with Gasteiger partial charge in [-0.2, -0.15) is 0 Å². The van der Waals surface area contributed by atoms with Gasteiger partial charge in [-0.3, -0.25) is 9.59 Å². The highest BCUT2D eigenvalue weighted by molar-refractivity contribution is 7.20. The van der Waals surface area contributed by atoms with Crippen molar-refractivity contribution in [2.75, 3.05) is 16.4 Å². The van der Waals surface area contributed by atoms with Gasteiger partial charge in [0.05, 0.1) is 22.7 Å². The molecule has 0 radical (unpaired) electrons. The summed E-state index contributed by atoms with van der Waals surface area (Å²) in [6.07, 6.45) is 0.267. The molecule has 1 aromatic heterocycles. The third-order valence-corrected chi connectivity index (χ3v) is 5.55. The molecule has 0 aliphatic heterocycles. The van der Waals surface area contributed by atoms with E-state index in [1.807, 2.05) is 66.7 Å². The average Bonchev–Trinajstić information content (AvgIpc) is 3.14. The molecule has 0 bridgehead atoms. The van der Waals surface area contributed by atoms with Crippen molar-refractivity contribution >= 4 is 50.3 Å². The monoisotopic (exact) mass is 401 g/mol. The van der Waals surface area contributed by atoms with Gasteiger partial charge in [-0.15, -0.1) is 11.3 Å². The Bertz CT molecular complexity index is 1190. The molecule has 0 spiro atoms. The molecule has 1 heterocycles. The molecule has 0 saturated carbocycles. The maximum Gasteiger partial charge on any atom is 0.265 e. The van der Waals surface area contributed by atoms with Crippen LogP contribution in [0.5, 0.6) is 0 Å². The summed E-state index contributed by atoms with van der Waals surface area (Å²) < 4.78 is 0.989. The van der Waals surface area contributed by atoms with Crippen LogP contribution < -0.4 is 16.4 Å². The molecule has 0 aliphatic rings. The Morgan fingerprint density at radius 1 is 0.862 bits per heavy atom. The van der Waals surface area contributed by atoms with Crippen molar-refractivity contribution in [1.82, 2.24) is 0 Å². The van der Waals surface area contributed by atoms with E-state index in [9.17, 15) is 9.59 Å². The van der Waals surface area contributed by atoms with Gasteiger partial charge in [-0.25, -0.2) is 0 Å². The third kappa shape index (κ3) is 4.44. The van der Waals surface area contributed by atoms with E-state index < -0.39 is 0 Å². The molecule has 0 aliphatic carbocycles. The van der Waals surface area contributed by atoms with Gasteiger partial charge in [-0.1, -0.05) is 36.4 Å². The van der Waals surface area contributed by atoms with Gasteiger partial charge in [0.15, 0.2) is 0 Å². The van der Waals surface area contributed by atoms with Crippen molar-refractivity contribution in [3.63, 3.8) is 0 Å². The fraction of sp³-hybridized carbons (Fsp3) is 0.0435. The van der Waals surface area contributed by atoms with Gasteiger partial charge in [0, 0.05) is 10.4 Å². The number of fused-ring (bicyclic) bond motifs is 1. The van der Waals surface area contributed by atoms with Crippen LogP contribution in [-0.2, 0) is 11.2 Å². The van der Waals surface area contributed by atoms with E-state index in [2.05, 4.69) is 10.6 Å². The highest BCUT2D eigenvalue weighted by atomic mass is 32.1. The minimum absolute atomic E-state index is 0.0803. The predicted molar refractivity (Wildman–Crippen MR) is 119 cm³/mol. The molecule has 5 nitrogen and oxygen atoms in total. The Kier molecular flexibility index (Phi) is 5.27. The Morgan fingerprint density at radius 3 is 2.41 bits per heavy atom. The van der Waals surface area contributed by atoms with Crippen molar-refractivity contribution in [1.29, 1.82) is 0 Å². The van der Waals surface area contributed by atoms with Gasteiger partial charge in [0.2, 0.25) is 5.91 Å². The molecular formula is C23H19N3O2S. The van der Waals surface area contributed by atoms with E-state index in [1.165, 1.54) is 11.3 Å². The molecule has 0 saturated heterocycles. The van der Waals surface area contributed by atoms with Gasteiger partial charge >= 0.3 is 0 Å². The van der Waals surface area contributed by atoms with Crippen molar-refractivity contribution in [2.24, 2.45) is 0 Å². The maximum atomic E-state index is 12.6. The fourth-order valence-corrected chi connectivity index (χ4v) is 3.96. The third-order valence-electron chi connectivity index (χ3n) is 4.44. The number of nitrogens with two attached hydrogens (primary N) is 1. The SMILES string of the molecule is Nc1ccccc1NC(=O)c1cc2cc(CC(=O)Nc3ccccc3)ccc2s1. The standard InChI is InChI=1S/C23H19N3O2S/c24-18-8-4-5-9-19(18)26-23(28)21-14-16-12-15(10-11-20(16)29-21)13-22(27)25-17-6-2-1-3-7-17/h1-12,14H,13,24H2,(H,25,27)(H,26,28). The molecule has 3 aromatic carbocycles. The van der Waals surface area contributed by atoms with E-state index in [4.69, 9.17) is 5.73 Å². The van der Waals surface area contributed by atoms with E-state index in [1.54, 1.807) is 12.1 Å². The minimum atomic E-state index is -0.201. The van der Waals surface area contributed by atoms with Crippen LogP contribution in [0.3, 0.4) is 0 Å². The smallest absolute Gasteiger partial charge is 0.265 e. The molecule has 0 atom stereocenters. The molecule has 2 amide bonds. The summed E-state index contributed by atoms with van der Waals surface area (Å²) in [5.74, 6) is -0.282. The zero-order chi connectivity index (χ0) is 20.2. The lowest BCUT2D eigenvalue weighted by atomic mass is 10.1. The zero-order valence-corrected chi connectivity index (χ0v) is 16.3. The summed E-state index contributed by atoms with van der Waals surface area (Å²) in [5, 5.41) is 6.66. The first-order valence-electron chi connectivity index (χ1n) is 9.12. The van der Waals surface area contributed by atoms with Crippen molar-refractivity contribution in [2.45, 2.75) is 6.42 Å². The Hall–Kier alpha value is -3.64. The Labute approximate surface area is 172 Å². The number of nitrogen functional groups attached to an aromatic ring is 1. The molecule has 144 valence electrons. The lowest BCUT2D eigenvalue weighted by Gasteiger charge is -2.05. The van der Waals surface area contributed by atoms with Crippen LogP contribution in [0, 0.1) is 0 Å². The van der Waals surface area contributed by atoms with E-state index in [-0.39, 0.29) is 18.2 Å². The average molecular weight is 401 g/mol.